The van der Waals surface area contributed by atoms with Crippen molar-refractivity contribution in [2.24, 2.45) is 0 Å². The summed E-state index contributed by atoms with van der Waals surface area (Å²) in [6.07, 6.45) is 0. The number of carbonyl (C=O) groups is 1. The second-order valence-electron chi connectivity index (χ2n) is 7.32. The standard InChI is InChI=1S/C22H26FN3O2/c23-20-6-1-2-7-21(20)25-8-10-26(11-9-25)22(27)19-5-3-4-18(16-19)17-24-12-14-28-15-13-24/h1-7,16H,8-15,17H2. The number of anilines is 1. The molecule has 4 rings (SSSR count). The molecular weight excluding hydrogens is 357 g/mol. The molecule has 1 amide bonds. The summed E-state index contributed by atoms with van der Waals surface area (Å²) in [4.78, 5) is 19.2. The highest BCUT2D eigenvalue weighted by Crippen LogP contribution is 2.21. The summed E-state index contributed by atoms with van der Waals surface area (Å²) < 4.78 is 19.4. The number of carbonyl (C=O) groups excluding carboxylic acids is 1. The number of nitrogens with zero attached hydrogens (tertiary/aromatic N) is 3. The van der Waals surface area contributed by atoms with Crippen LogP contribution in [0.1, 0.15) is 15.9 Å². The molecule has 148 valence electrons. The molecule has 0 bridgehead atoms. The molecule has 0 atom stereocenters. The Morgan fingerprint density at radius 3 is 2.43 bits per heavy atom. The second-order valence-corrected chi connectivity index (χ2v) is 7.32. The first kappa shape index (κ1) is 18.9. The van der Waals surface area contributed by atoms with Crippen LogP contribution in [0.25, 0.3) is 0 Å². The van der Waals surface area contributed by atoms with Crippen LogP contribution in [0.5, 0.6) is 0 Å². The normalized spacial score (nSPS) is 18.3. The molecule has 0 N–H and O–H groups in total. The molecule has 0 aliphatic carbocycles. The van der Waals surface area contributed by atoms with Crippen molar-refractivity contribution in [3.8, 4) is 0 Å². The molecule has 2 aromatic carbocycles. The zero-order valence-electron chi connectivity index (χ0n) is 16.0. The topological polar surface area (TPSA) is 36.0 Å². The molecule has 2 heterocycles. The predicted molar refractivity (Wildman–Crippen MR) is 107 cm³/mol. The first-order valence-corrected chi connectivity index (χ1v) is 9.88. The number of halogens is 1. The van der Waals surface area contributed by atoms with Crippen molar-refractivity contribution in [2.75, 3.05) is 57.4 Å². The SMILES string of the molecule is O=C(c1cccc(CN2CCOCC2)c1)N1CCN(c2ccccc2F)CC1. The fourth-order valence-corrected chi connectivity index (χ4v) is 3.86. The maximum atomic E-state index is 14.0. The van der Waals surface area contributed by atoms with Crippen molar-refractivity contribution in [3.05, 3.63) is 65.5 Å². The molecule has 2 fully saturated rings. The summed E-state index contributed by atoms with van der Waals surface area (Å²) in [6.45, 7) is 6.70. The summed E-state index contributed by atoms with van der Waals surface area (Å²) in [5, 5.41) is 0. The maximum absolute atomic E-state index is 14.0. The van der Waals surface area contributed by atoms with Crippen molar-refractivity contribution < 1.29 is 13.9 Å². The zero-order valence-corrected chi connectivity index (χ0v) is 16.0. The van der Waals surface area contributed by atoms with E-state index in [0.29, 0.717) is 31.9 Å². The van der Waals surface area contributed by atoms with Crippen LogP contribution in [0.4, 0.5) is 10.1 Å². The van der Waals surface area contributed by atoms with Crippen molar-refractivity contribution in [1.29, 1.82) is 0 Å². The molecular formula is C22H26FN3O2. The summed E-state index contributed by atoms with van der Waals surface area (Å²) in [5.41, 5.74) is 2.49. The Hall–Kier alpha value is -2.44. The molecule has 2 aliphatic heterocycles. The van der Waals surface area contributed by atoms with Gasteiger partial charge in [-0.25, -0.2) is 4.39 Å². The van der Waals surface area contributed by atoms with E-state index < -0.39 is 0 Å². The van der Waals surface area contributed by atoms with E-state index in [4.69, 9.17) is 4.74 Å². The minimum Gasteiger partial charge on any atom is -0.379 e. The van der Waals surface area contributed by atoms with Gasteiger partial charge in [-0.1, -0.05) is 24.3 Å². The number of rotatable bonds is 4. The van der Waals surface area contributed by atoms with E-state index in [0.717, 1.165) is 44.0 Å². The first-order chi connectivity index (χ1) is 13.7. The second kappa shape index (κ2) is 8.71. The van der Waals surface area contributed by atoms with Crippen LogP contribution >= 0.6 is 0 Å². The Morgan fingerprint density at radius 2 is 1.68 bits per heavy atom. The molecule has 6 heteroatoms. The zero-order chi connectivity index (χ0) is 19.3. The van der Waals surface area contributed by atoms with Crippen LogP contribution in [0.2, 0.25) is 0 Å². The molecule has 2 saturated heterocycles. The third-order valence-corrected chi connectivity index (χ3v) is 5.44. The first-order valence-electron chi connectivity index (χ1n) is 9.88. The highest BCUT2D eigenvalue weighted by molar-refractivity contribution is 5.94. The van der Waals surface area contributed by atoms with Crippen LogP contribution in [0.3, 0.4) is 0 Å². The van der Waals surface area contributed by atoms with Crippen molar-refractivity contribution >= 4 is 11.6 Å². The highest BCUT2D eigenvalue weighted by atomic mass is 19.1. The lowest BCUT2D eigenvalue weighted by molar-refractivity contribution is 0.0341. The molecule has 0 aromatic heterocycles. The summed E-state index contributed by atoms with van der Waals surface area (Å²) >= 11 is 0. The van der Waals surface area contributed by atoms with E-state index in [-0.39, 0.29) is 11.7 Å². The number of ether oxygens (including phenoxy) is 1. The fraction of sp³-hybridized carbons (Fsp3) is 0.409. The monoisotopic (exact) mass is 383 g/mol. The largest absolute Gasteiger partial charge is 0.379 e. The van der Waals surface area contributed by atoms with Gasteiger partial charge >= 0.3 is 0 Å². The lowest BCUT2D eigenvalue weighted by atomic mass is 10.1. The maximum Gasteiger partial charge on any atom is 0.253 e. The molecule has 0 unspecified atom stereocenters. The Kier molecular flexibility index (Phi) is 5.88. The molecule has 28 heavy (non-hydrogen) atoms. The van der Waals surface area contributed by atoms with E-state index >= 15 is 0 Å². The van der Waals surface area contributed by atoms with Gasteiger partial charge in [0, 0.05) is 51.4 Å². The van der Waals surface area contributed by atoms with Crippen LogP contribution in [0.15, 0.2) is 48.5 Å². The van der Waals surface area contributed by atoms with E-state index in [1.807, 2.05) is 34.1 Å². The lowest BCUT2D eigenvalue weighted by Gasteiger charge is -2.36. The quantitative estimate of drug-likeness (QED) is 0.813. The third-order valence-electron chi connectivity index (χ3n) is 5.44. The Bertz CT molecular complexity index is 815. The number of para-hydroxylation sites is 1. The smallest absolute Gasteiger partial charge is 0.253 e. The van der Waals surface area contributed by atoms with Gasteiger partial charge in [0.05, 0.1) is 18.9 Å². The van der Waals surface area contributed by atoms with E-state index in [2.05, 4.69) is 11.0 Å². The van der Waals surface area contributed by atoms with Gasteiger partial charge in [-0.3, -0.25) is 9.69 Å². The van der Waals surface area contributed by atoms with Gasteiger partial charge in [-0.15, -0.1) is 0 Å². The summed E-state index contributed by atoms with van der Waals surface area (Å²) in [5.74, 6) is -0.157. The highest BCUT2D eigenvalue weighted by Gasteiger charge is 2.23. The van der Waals surface area contributed by atoms with Gasteiger partial charge in [-0.2, -0.15) is 0 Å². The van der Waals surface area contributed by atoms with Crippen molar-refractivity contribution in [3.63, 3.8) is 0 Å². The van der Waals surface area contributed by atoms with Crippen molar-refractivity contribution in [1.82, 2.24) is 9.80 Å². The number of benzene rings is 2. The molecule has 0 radical (unpaired) electrons. The molecule has 0 spiro atoms. The van der Waals surface area contributed by atoms with E-state index in [1.165, 1.54) is 6.07 Å². The minimum atomic E-state index is -0.210. The number of hydrogen-bond acceptors (Lipinski definition) is 4. The van der Waals surface area contributed by atoms with Gasteiger partial charge in [0.25, 0.3) is 5.91 Å². The minimum absolute atomic E-state index is 0.0528. The van der Waals surface area contributed by atoms with E-state index in [1.54, 1.807) is 12.1 Å². The Balaban J connectivity index is 1.37. The number of amides is 1. The molecule has 2 aromatic rings. The van der Waals surface area contributed by atoms with Gasteiger partial charge in [0.15, 0.2) is 0 Å². The van der Waals surface area contributed by atoms with Gasteiger partial charge in [0.1, 0.15) is 5.82 Å². The predicted octanol–water partition coefficient (Wildman–Crippen LogP) is 2.62. The molecule has 2 aliphatic rings. The Labute approximate surface area is 165 Å². The van der Waals surface area contributed by atoms with Crippen LogP contribution in [-0.2, 0) is 11.3 Å². The average molecular weight is 383 g/mol. The van der Waals surface area contributed by atoms with Crippen molar-refractivity contribution in [2.45, 2.75) is 6.54 Å². The van der Waals surface area contributed by atoms with Crippen LogP contribution in [0, 0.1) is 5.82 Å². The number of piperazine rings is 1. The Morgan fingerprint density at radius 1 is 0.929 bits per heavy atom. The summed E-state index contributed by atoms with van der Waals surface area (Å²) in [6, 6.07) is 14.7. The summed E-state index contributed by atoms with van der Waals surface area (Å²) in [7, 11) is 0. The van der Waals surface area contributed by atoms with Gasteiger partial charge < -0.3 is 14.5 Å². The van der Waals surface area contributed by atoms with Crippen LogP contribution in [-0.4, -0.2) is 68.2 Å². The third kappa shape index (κ3) is 4.34. The molecule has 0 saturated carbocycles. The van der Waals surface area contributed by atoms with Crippen LogP contribution < -0.4 is 4.90 Å². The number of hydrogen-bond donors (Lipinski definition) is 0. The fourth-order valence-electron chi connectivity index (χ4n) is 3.86. The van der Waals surface area contributed by atoms with Gasteiger partial charge in [0.2, 0.25) is 0 Å². The number of morpholine rings is 1. The average Bonchev–Trinajstić information content (AvgIpc) is 2.75. The van der Waals surface area contributed by atoms with Gasteiger partial charge in [-0.05, 0) is 29.8 Å². The lowest BCUT2D eigenvalue weighted by Crippen LogP contribution is -2.49. The molecule has 5 nitrogen and oxygen atoms in total. The van der Waals surface area contributed by atoms with E-state index in [9.17, 15) is 9.18 Å².